The van der Waals surface area contributed by atoms with Gasteiger partial charge in [0.15, 0.2) is 0 Å². The Bertz CT molecular complexity index is 607. The molecule has 0 spiro atoms. The Hall–Kier alpha value is -2.13. The van der Waals surface area contributed by atoms with Crippen LogP contribution >= 0.6 is 0 Å². The van der Waals surface area contributed by atoms with E-state index in [2.05, 4.69) is 43.4 Å². The van der Waals surface area contributed by atoms with Gasteiger partial charge in [0.25, 0.3) is 0 Å². The highest BCUT2D eigenvalue weighted by atomic mass is 16.5. The zero-order chi connectivity index (χ0) is 16.7. The number of methoxy groups -OCH3 is 1. The quantitative estimate of drug-likeness (QED) is 0.781. The lowest BCUT2D eigenvalue weighted by Crippen LogP contribution is -2.29. The molecule has 122 valence electrons. The van der Waals surface area contributed by atoms with E-state index < -0.39 is 0 Å². The van der Waals surface area contributed by atoms with Crippen molar-refractivity contribution >= 4 is 5.97 Å². The van der Waals surface area contributed by atoms with Gasteiger partial charge in [-0.25, -0.2) is 4.79 Å². The smallest absolute Gasteiger partial charge is 0.337 e. The van der Waals surface area contributed by atoms with Gasteiger partial charge in [-0.3, -0.25) is 0 Å². The zero-order valence-corrected chi connectivity index (χ0v) is 14.1. The van der Waals surface area contributed by atoms with Crippen LogP contribution < -0.4 is 5.32 Å². The average molecular weight is 311 g/mol. The molecular weight excluding hydrogens is 286 g/mol. The Morgan fingerprint density at radius 3 is 2.30 bits per heavy atom. The Kier molecular flexibility index (Phi) is 6.36. The first-order valence-corrected chi connectivity index (χ1v) is 8.08. The van der Waals surface area contributed by atoms with E-state index in [0.717, 1.165) is 12.8 Å². The fourth-order valence-electron chi connectivity index (χ4n) is 2.66. The van der Waals surface area contributed by atoms with Crippen molar-refractivity contribution in [3.8, 4) is 0 Å². The second-order valence-corrected chi connectivity index (χ2v) is 5.93. The normalized spacial score (nSPS) is 13.3. The molecule has 0 saturated carbocycles. The molecule has 2 aromatic carbocycles. The molecule has 2 aromatic rings. The van der Waals surface area contributed by atoms with Crippen molar-refractivity contribution in [1.82, 2.24) is 5.32 Å². The van der Waals surface area contributed by atoms with Crippen LogP contribution in [0, 0.1) is 0 Å². The van der Waals surface area contributed by atoms with E-state index in [1.54, 1.807) is 0 Å². The minimum absolute atomic E-state index is 0.289. The van der Waals surface area contributed by atoms with Crippen LogP contribution in [0.4, 0.5) is 0 Å². The van der Waals surface area contributed by atoms with Crippen LogP contribution in [0.15, 0.2) is 54.6 Å². The first-order valence-electron chi connectivity index (χ1n) is 8.08. The maximum atomic E-state index is 11.4. The van der Waals surface area contributed by atoms with Crippen molar-refractivity contribution < 1.29 is 9.53 Å². The molecule has 2 rings (SSSR count). The molecular formula is C20H25NO2. The number of carbonyl (C=O) groups excluding carboxylic acids is 1. The highest BCUT2D eigenvalue weighted by molar-refractivity contribution is 5.89. The molecule has 0 fully saturated rings. The Labute approximate surface area is 138 Å². The predicted molar refractivity (Wildman–Crippen MR) is 93.6 cm³/mol. The lowest BCUT2D eigenvalue weighted by atomic mass is 10.0. The molecule has 0 saturated heterocycles. The van der Waals surface area contributed by atoms with Gasteiger partial charge in [-0.05, 0) is 49.9 Å². The van der Waals surface area contributed by atoms with Gasteiger partial charge in [0.05, 0.1) is 12.7 Å². The molecule has 0 aliphatic rings. The molecule has 0 aliphatic heterocycles. The summed E-state index contributed by atoms with van der Waals surface area (Å²) >= 11 is 0. The lowest BCUT2D eigenvalue weighted by Gasteiger charge is -2.20. The third-order valence-electron chi connectivity index (χ3n) is 4.08. The Morgan fingerprint density at radius 2 is 1.70 bits per heavy atom. The topological polar surface area (TPSA) is 38.3 Å². The van der Waals surface area contributed by atoms with E-state index in [4.69, 9.17) is 4.74 Å². The van der Waals surface area contributed by atoms with Gasteiger partial charge in [0.2, 0.25) is 0 Å². The van der Waals surface area contributed by atoms with Gasteiger partial charge in [0.1, 0.15) is 0 Å². The monoisotopic (exact) mass is 311 g/mol. The summed E-state index contributed by atoms with van der Waals surface area (Å²) in [6.45, 7) is 4.40. The predicted octanol–water partition coefficient (Wildman–Crippen LogP) is 4.15. The summed E-state index contributed by atoms with van der Waals surface area (Å²) in [6, 6.07) is 18.9. The van der Waals surface area contributed by atoms with Crippen LogP contribution in [0.25, 0.3) is 0 Å². The first kappa shape index (κ1) is 17.2. The summed E-state index contributed by atoms with van der Waals surface area (Å²) in [5.41, 5.74) is 3.14. The van der Waals surface area contributed by atoms with Crippen LogP contribution in [0.3, 0.4) is 0 Å². The summed E-state index contributed by atoms with van der Waals surface area (Å²) in [4.78, 5) is 11.4. The number of esters is 1. The van der Waals surface area contributed by atoms with Crippen molar-refractivity contribution in [2.45, 2.75) is 38.8 Å². The number of hydrogen-bond donors (Lipinski definition) is 1. The summed E-state index contributed by atoms with van der Waals surface area (Å²) in [5, 5.41) is 3.63. The molecule has 0 aromatic heterocycles. The van der Waals surface area contributed by atoms with E-state index >= 15 is 0 Å². The summed E-state index contributed by atoms with van der Waals surface area (Å²) in [7, 11) is 1.40. The van der Waals surface area contributed by atoms with Crippen LogP contribution in [-0.4, -0.2) is 19.1 Å². The van der Waals surface area contributed by atoms with Crippen molar-refractivity contribution in [2.75, 3.05) is 7.11 Å². The summed E-state index contributed by atoms with van der Waals surface area (Å²) in [6.07, 6.45) is 2.03. The summed E-state index contributed by atoms with van der Waals surface area (Å²) < 4.78 is 4.71. The van der Waals surface area contributed by atoms with Gasteiger partial charge < -0.3 is 10.1 Å². The highest BCUT2D eigenvalue weighted by Gasteiger charge is 2.10. The minimum atomic E-state index is -0.289. The zero-order valence-electron chi connectivity index (χ0n) is 14.1. The number of rotatable bonds is 7. The average Bonchev–Trinajstić information content (AvgIpc) is 2.60. The SMILES string of the molecule is COC(=O)c1ccc(CCC(C)NC(C)c2ccccc2)cc1. The number of ether oxygens (including phenoxy) is 1. The van der Waals surface area contributed by atoms with Gasteiger partial charge >= 0.3 is 5.97 Å². The molecule has 0 heterocycles. The fourth-order valence-corrected chi connectivity index (χ4v) is 2.66. The first-order chi connectivity index (χ1) is 11.1. The largest absolute Gasteiger partial charge is 0.465 e. The second-order valence-electron chi connectivity index (χ2n) is 5.93. The number of nitrogens with one attached hydrogen (secondary N) is 1. The number of hydrogen-bond acceptors (Lipinski definition) is 3. The molecule has 1 N–H and O–H groups in total. The second kappa shape index (κ2) is 8.49. The van der Waals surface area contributed by atoms with Gasteiger partial charge in [-0.15, -0.1) is 0 Å². The van der Waals surface area contributed by atoms with Crippen LogP contribution in [0.2, 0.25) is 0 Å². The van der Waals surface area contributed by atoms with E-state index in [1.165, 1.54) is 18.2 Å². The lowest BCUT2D eigenvalue weighted by molar-refractivity contribution is 0.0600. The standard InChI is InChI=1S/C20H25NO2/c1-15(21-16(2)18-7-5-4-6-8-18)9-10-17-11-13-19(14-12-17)20(22)23-3/h4-8,11-16,21H,9-10H2,1-3H3. The van der Waals surface area contributed by atoms with Crippen molar-refractivity contribution in [2.24, 2.45) is 0 Å². The number of carbonyl (C=O) groups is 1. The van der Waals surface area contributed by atoms with Gasteiger partial charge in [0, 0.05) is 12.1 Å². The molecule has 2 atom stereocenters. The molecule has 23 heavy (non-hydrogen) atoms. The molecule has 3 nitrogen and oxygen atoms in total. The van der Waals surface area contributed by atoms with Crippen LogP contribution in [0.5, 0.6) is 0 Å². The molecule has 3 heteroatoms. The van der Waals surface area contributed by atoms with Crippen molar-refractivity contribution in [3.05, 3.63) is 71.3 Å². The third kappa shape index (κ3) is 5.22. The summed E-state index contributed by atoms with van der Waals surface area (Å²) in [5.74, 6) is -0.289. The van der Waals surface area contributed by atoms with Gasteiger partial charge in [-0.1, -0.05) is 42.5 Å². The minimum Gasteiger partial charge on any atom is -0.465 e. The highest BCUT2D eigenvalue weighted by Crippen LogP contribution is 2.14. The van der Waals surface area contributed by atoms with Crippen LogP contribution in [0.1, 0.15) is 47.8 Å². The van der Waals surface area contributed by atoms with Crippen LogP contribution in [-0.2, 0) is 11.2 Å². The number of benzene rings is 2. The maximum absolute atomic E-state index is 11.4. The maximum Gasteiger partial charge on any atom is 0.337 e. The molecule has 0 radical (unpaired) electrons. The van der Waals surface area contributed by atoms with Crippen molar-refractivity contribution in [3.63, 3.8) is 0 Å². The molecule has 0 aliphatic carbocycles. The fraction of sp³-hybridized carbons (Fsp3) is 0.350. The number of aryl methyl sites for hydroxylation is 1. The van der Waals surface area contributed by atoms with E-state index in [-0.39, 0.29) is 5.97 Å². The third-order valence-corrected chi connectivity index (χ3v) is 4.08. The van der Waals surface area contributed by atoms with E-state index in [0.29, 0.717) is 17.6 Å². The molecule has 0 bridgehead atoms. The van der Waals surface area contributed by atoms with E-state index in [1.807, 2.05) is 30.3 Å². The Morgan fingerprint density at radius 1 is 1.04 bits per heavy atom. The van der Waals surface area contributed by atoms with Crippen molar-refractivity contribution in [1.29, 1.82) is 0 Å². The molecule has 2 unspecified atom stereocenters. The van der Waals surface area contributed by atoms with E-state index in [9.17, 15) is 4.79 Å². The van der Waals surface area contributed by atoms with Gasteiger partial charge in [-0.2, -0.15) is 0 Å². The Balaban J connectivity index is 1.82. The molecule has 0 amide bonds.